The maximum atomic E-state index is 14.4. The van der Waals surface area contributed by atoms with E-state index in [1.54, 1.807) is 17.0 Å². The van der Waals surface area contributed by atoms with Gasteiger partial charge in [-0.1, -0.05) is 55.6 Å². The standard InChI is InChI=1S/C26H26ClF3N4O/c1-14-12-13-33(19-9-5-4-7-16(14)19)25(35)22-20(27)24-31-21-17-8-3-2-6-15(17)10-11-18(21)23(26(28,29)30)34(24)32-22/h2-3,6,8,14,16,19H,4-5,7,9-13H2,1H3/t14-,16+,19-/m1/s1. The zero-order valence-electron chi connectivity index (χ0n) is 19.4. The van der Waals surface area contributed by atoms with Crippen LogP contribution in [0.2, 0.25) is 5.02 Å². The van der Waals surface area contributed by atoms with Crippen LogP contribution in [0.1, 0.15) is 66.3 Å². The van der Waals surface area contributed by atoms with Gasteiger partial charge in [0, 0.05) is 23.7 Å². The van der Waals surface area contributed by atoms with E-state index in [9.17, 15) is 18.0 Å². The first kappa shape index (κ1) is 22.8. The summed E-state index contributed by atoms with van der Waals surface area (Å²) in [7, 11) is 0. The summed E-state index contributed by atoms with van der Waals surface area (Å²) in [5.74, 6) is 0.534. The highest BCUT2D eigenvalue weighted by molar-refractivity contribution is 6.36. The first-order chi connectivity index (χ1) is 16.8. The molecule has 2 aliphatic carbocycles. The number of carbonyl (C=O) groups excluding carboxylic acids is 1. The molecule has 0 spiro atoms. The molecule has 3 atom stereocenters. The van der Waals surface area contributed by atoms with Crippen LogP contribution in [0.5, 0.6) is 0 Å². The van der Waals surface area contributed by atoms with E-state index < -0.39 is 17.8 Å². The van der Waals surface area contributed by atoms with Gasteiger partial charge in [-0.25, -0.2) is 9.50 Å². The maximum absolute atomic E-state index is 14.4. The van der Waals surface area contributed by atoms with Crippen molar-refractivity contribution in [1.82, 2.24) is 19.5 Å². The number of aromatic nitrogens is 3. The summed E-state index contributed by atoms with van der Waals surface area (Å²) in [6.07, 6.45) is 1.03. The molecule has 0 radical (unpaired) electrons. The van der Waals surface area contributed by atoms with Gasteiger partial charge in [0.1, 0.15) is 5.02 Å². The van der Waals surface area contributed by atoms with E-state index in [0.717, 1.165) is 42.2 Å². The Hall–Kier alpha value is -2.61. The summed E-state index contributed by atoms with van der Waals surface area (Å²) >= 11 is 6.61. The Morgan fingerprint density at radius 3 is 2.69 bits per heavy atom. The van der Waals surface area contributed by atoms with Crippen LogP contribution in [0.15, 0.2) is 24.3 Å². The van der Waals surface area contributed by atoms with Gasteiger partial charge in [0.15, 0.2) is 17.0 Å². The Kier molecular flexibility index (Phi) is 5.36. The SMILES string of the molecule is C[C@@H]1CCN(C(=O)c2nn3c(C(F)(F)F)c4c(nc3c2Cl)-c2ccccc2CC4)[C@@H]2CCCC[C@@H]12. The predicted molar refractivity (Wildman–Crippen MR) is 126 cm³/mol. The fourth-order valence-electron chi connectivity index (χ4n) is 6.47. The van der Waals surface area contributed by atoms with Gasteiger partial charge in [0.25, 0.3) is 5.91 Å². The maximum Gasteiger partial charge on any atom is 0.433 e. The Morgan fingerprint density at radius 1 is 1.11 bits per heavy atom. The summed E-state index contributed by atoms with van der Waals surface area (Å²) in [5.41, 5.74) is 0.829. The molecule has 6 rings (SSSR count). The van der Waals surface area contributed by atoms with Gasteiger partial charge < -0.3 is 4.90 Å². The molecule has 1 aromatic carbocycles. The van der Waals surface area contributed by atoms with Crippen LogP contribution in [0.25, 0.3) is 16.9 Å². The molecule has 0 N–H and O–H groups in total. The minimum absolute atomic E-state index is 0.0796. The largest absolute Gasteiger partial charge is 0.433 e. The van der Waals surface area contributed by atoms with Crippen molar-refractivity contribution >= 4 is 23.2 Å². The second-order valence-corrected chi connectivity index (χ2v) is 10.5. The van der Waals surface area contributed by atoms with Crippen molar-refractivity contribution in [3.63, 3.8) is 0 Å². The van der Waals surface area contributed by atoms with Crippen molar-refractivity contribution in [3.05, 3.63) is 51.8 Å². The molecule has 9 heteroatoms. The zero-order chi connectivity index (χ0) is 24.5. The number of fused-ring (bicyclic) bond motifs is 5. The van der Waals surface area contributed by atoms with Crippen molar-refractivity contribution in [2.45, 2.75) is 64.1 Å². The van der Waals surface area contributed by atoms with Crippen molar-refractivity contribution in [2.24, 2.45) is 11.8 Å². The van der Waals surface area contributed by atoms with E-state index in [-0.39, 0.29) is 40.1 Å². The fourth-order valence-corrected chi connectivity index (χ4v) is 6.71. The molecule has 3 aromatic rings. The Bertz CT molecular complexity index is 1330. The van der Waals surface area contributed by atoms with Crippen LogP contribution in [0.3, 0.4) is 0 Å². The molecule has 5 nitrogen and oxygen atoms in total. The molecule has 0 bridgehead atoms. The lowest BCUT2D eigenvalue weighted by Crippen LogP contribution is -2.52. The third-order valence-corrected chi connectivity index (χ3v) is 8.54. The minimum Gasteiger partial charge on any atom is -0.334 e. The summed E-state index contributed by atoms with van der Waals surface area (Å²) < 4.78 is 44.0. The van der Waals surface area contributed by atoms with E-state index in [4.69, 9.17) is 11.6 Å². The molecule has 2 fully saturated rings. The number of benzene rings is 1. The third-order valence-electron chi connectivity index (χ3n) is 8.19. The Morgan fingerprint density at radius 2 is 1.89 bits per heavy atom. The van der Waals surface area contributed by atoms with Crippen LogP contribution < -0.4 is 0 Å². The Balaban J connectivity index is 1.51. The summed E-state index contributed by atoms with van der Waals surface area (Å²) in [6.45, 7) is 2.79. The average Bonchev–Trinajstić information content (AvgIpc) is 3.17. The molecule has 1 saturated heterocycles. The molecular weight excluding hydrogens is 477 g/mol. The number of carbonyl (C=O) groups is 1. The van der Waals surface area contributed by atoms with Crippen molar-refractivity contribution in [1.29, 1.82) is 0 Å². The first-order valence-electron chi connectivity index (χ1n) is 12.3. The normalized spacial score (nSPS) is 24.1. The number of piperidine rings is 1. The fraction of sp³-hybridized carbons (Fsp3) is 0.500. The highest BCUT2D eigenvalue weighted by Gasteiger charge is 2.43. The van der Waals surface area contributed by atoms with Crippen LogP contribution in [-0.4, -0.2) is 38.0 Å². The molecule has 184 valence electrons. The number of rotatable bonds is 1. The number of alkyl halides is 3. The van der Waals surface area contributed by atoms with Gasteiger partial charge in [0.05, 0.1) is 5.69 Å². The second-order valence-electron chi connectivity index (χ2n) is 10.1. The average molecular weight is 503 g/mol. The van der Waals surface area contributed by atoms with E-state index in [2.05, 4.69) is 17.0 Å². The molecule has 0 unspecified atom stereocenters. The number of halogens is 4. The van der Waals surface area contributed by atoms with Crippen LogP contribution in [0.4, 0.5) is 13.2 Å². The van der Waals surface area contributed by atoms with Gasteiger partial charge in [-0.2, -0.15) is 18.3 Å². The van der Waals surface area contributed by atoms with Crippen LogP contribution in [-0.2, 0) is 19.0 Å². The van der Waals surface area contributed by atoms with Crippen molar-refractivity contribution < 1.29 is 18.0 Å². The lowest BCUT2D eigenvalue weighted by atomic mass is 9.72. The molecule has 1 amide bonds. The lowest BCUT2D eigenvalue weighted by Gasteiger charge is -2.47. The Labute approximate surface area is 206 Å². The quantitative estimate of drug-likeness (QED) is 0.397. The van der Waals surface area contributed by atoms with E-state index in [1.807, 2.05) is 12.1 Å². The predicted octanol–water partition coefficient (Wildman–Crippen LogP) is 6.21. The van der Waals surface area contributed by atoms with E-state index in [1.165, 1.54) is 0 Å². The smallest absolute Gasteiger partial charge is 0.334 e. The molecule has 35 heavy (non-hydrogen) atoms. The number of aryl methyl sites for hydroxylation is 1. The van der Waals surface area contributed by atoms with Gasteiger partial charge in [-0.3, -0.25) is 4.79 Å². The third kappa shape index (κ3) is 3.55. The van der Waals surface area contributed by atoms with Crippen LogP contribution in [0, 0.1) is 11.8 Å². The summed E-state index contributed by atoms with van der Waals surface area (Å²) in [5, 5.41) is 4.07. The number of hydrogen-bond acceptors (Lipinski definition) is 3. The highest BCUT2D eigenvalue weighted by Crippen LogP contribution is 2.43. The lowest BCUT2D eigenvalue weighted by molar-refractivity contribution is -0.143. The van der Waals surface area contributed by atoms with E-state index >= 15 is 0 Å². The summed E-state index contributed by atoms with van der Waals surface area (Å²) in [6, 6.07) is 7.43. The number of likely N-dealkylation sites (tertiary alicyclic amines) is 1. The number of hydrogen-bond donors (Lipinski definition) is 0. The molecular formula is C26H26ClF3N4O. The first-order valence-corrected chi connectivity index (χ1v) is 12.7. The highest BCUT2D eigenvalue weighted by atomic mass is 35.5. The second kappa shape index (κ2) is 8.22. The van der Waals surface area contributed by atoms with E-state index in [0.29, 0.717) is 30.4 Å². The molecule has 1 saturated carbocycles. The summed E-state index contributed by atoms with van der Waals surface area (Å²) in [4.78, 5) is 20.1. The van der Waals surface area contributed by atoms with Crippen molar-refractivity contribution in [3.8, 4) is 11.3 Å². The van der Waals surface area contributed by atoms with Gasteiger partial charge in [-0.05, 0) is 49.5 Å². The monoisotopic (exact) mass is 502 g/mol. The molecule has 3 aliphatic rings. The topological polar surface area (TPSA) is 50.5 Å². The van der Waals surface area contributed by atoms with Gasteiger partial charge in [-0.15, -0.1) is 0 Å². The van der Waals surface area contributed by atoms with Crippen LogP contribution >= 0.6 is 11.6 Å². The number of nitrogens with zero attached hydrogens (tertiary/aromatic N) is 4. The number of amides is 1. The van der Waals surface area contributed by atoms with Gasteiger partial charge in [0.2, 0.25) is 0 Å². The van der Waals surface area contributed by atoms with Gasteiger partial charge >= 0.3 is 6.18 Å². The minimum atomic E-state index is -4.68. The molecule has 1 aliphatic heterocycles. The molecule has 2 aromatic heterocycles. The molecule has 3 heterocycles. The zero-order valence-corrected chi connectivity index (χ0v) is 20.2. The van der Waals surface area contributed by atoms with Crippen molar-refractivity contribution in [2.75, 3.05) is 6.54 Å².